The lowest BCUT2D eigenvalue weighted by molar-refractivity contribution is 0.130. The van der Waals surface area contributed by atoms with Crippen molar-refractivity contribution in [2.75, 3.05) is 32.8 Å². The Labute approximate surface area is 101 Å². The molecule has 0 saturated carbocycles. The van der Waals surface area contributed by atoms with Crippen LogP contribution in [0.2, 0.25) is 0 Å². The summed E-state index contributed by atoms with van der Waals surface area (Å²) >= 11 is 0. The number of hydrogen-bond donors (Lipinski definition) is 1. The molecule has 96 valence electrons. The first kappa shape index (κ1) is 13.9. The van der Waals surface area contributed by atoms with Crippen molar-refractivity contribution in [2.45, 2.75) is 52.1 Å². The average molecular weight is 228 g/mol. The molecule has 0 spiro atoms. The number of ether oxygens (including phenoxy) is 1. The lowest BCUT2D eigenvalue weighted by Gasteiger charge is -2.20. The predicted molar refractivity (Wildman–Crippen MR) is 68.8 cm³/mol. The van der Waals surface area contributed by atoms with Crippen LogP contribution >= 0.6 is 0 Å². The molecule has 0 amide bonds. The van der Waals surface area contributed by atoms with Crippen LogP contribution in [0.3, 0.4) is 0 Å². The molecular weight excluding hydrogens is 200 g/mol. The summed E-state index contributed by atoms with van der Waals surface area (Å²) in [5.41, 5.74) is 0. The fraction of sp³-hybridized carbons (Fsp3) is 1.00. The third-order valence-corrected chi connectivity index (χ3v) is 3.27. The zero-order valence-corrected chi connectivity index (χ0v) is 11.2. The van der Waals surface area contributed by atoms with Crippen LogP contribution in [0.1, 0.15) is 40.0 Å². The first-order chi connectivity index (χ1) is 7.74. The van der Waals surface area contributed by atoms with Gasteiger partial charge in [-0.1, -0.05) is 13.3 Å². The van der Waals surface area contributed by atoms with Crippen molar-refractivity contribution in [1.82, 2.24) is 10.2 Å². The highest BCUT2D eigenvalue weighted by Crippen LogP contribution is 2.11. The van der Waals surface area contributed by atoms with E-state index in [0.717, 1.165) is 19.8 Å². The van der Waals surface area contributed by atoms with Crippen LogP contribution in [0.15, 0.2) is 0 Å². The van der Waals surface area contributed by atoms with E-state index in [2.05, 4.69) is 31.0 Å². The minimum atomic E-state index is 0.678. The molecule has 16 heavy (non-hydrogen) atoms. The maximum absolute atomic E-state index is 5.53. The van der Waals surface area contributed by atoms with Crippen molar-refractivity contribution in [1.29, 1.82) is 0 Å². The van der Waals surface area contributed by atoms with Crippen molar-refractivity contribution < 1.29 is 4.74 Å². The summed E-state index contributed by atoms with van der Waals surface area (Å²) in [4.78, 5) is 2.54. The number of nitrogens with one attached hydrogen (secondary N) is 1. The number of hydrogen-bond acceptors (Lipinski definition) is 3. The largest absolute Gasteiger partial charge is 0.380 e. The fourth-order valence-electron chi connectivity index (χ4n) is 2.11. The van der Waals surface area contributed by atoms with Crippen LogP contribution in [0.4, 0.5) is 0 Å². The van der Waals surface area contributed by atoms with Gasteiger partial charge in [0.15, 0.2) is 0 Å². The van der Waals surface area contributed by atoms with Crippen molar-refractivity contribution in [2.24, 2.45) is 0 Å². The quantitative estimate of drug-likeness (QED) is 0.642. The summed E-state index contributed by atoms with van der Waals surface area (Å²) in [6.45, 7) is 12.0. The molecule has 3 heteroatoms. The molecule has 1 heterocycles. The minimum Gasteiger partial charge on any atom is -0.380 e. The Hall–Kier alpha value is -0.120. The fourth-order valence-corrected chi connectivity index (χ4v) is 2.11. The molecule has 1 rings (SSSR count). The van der Waals surface area contributed by atoms with Crippen molar-refractivity contribution in [3.63, 3.8) is 0 Å². The van der Waals surface area contributed by atoms with E-state index in [4.69, 9.17) is 4.74 Å². The van der Waals surface area contributed by atoms with Gasteiger partial charge in [0.1, 0.15) is 0 Å². The van der Waals surface area contributed by atoms with Crippen molar-refractivity contribution in [3.8, 4) is 0 Å². The van der Waals surface area contributed by atoms with Gasteiger partial charge in [0.25, 0.3) is 0 Å². The highest BCUT2D eigenvalue weighted by molar-refractivity contribution is 4.82. The van der Waals surface area contributed by atoms with Crippen LogP contribution < -0.4 is 5.32 Å². The molecule has 1 aliphatic heterocycles. The molecule has 0 aromatic heterocycles. The van der Waals surface area contributed by atoms with Gasteiger partial charge in [0.2, 0.25) is 0 Å². The van der Waals surface area contributed by atoms with Crippen molar-refractivity contribution >= 4 is 0 Å². The minimum absolute atomic E-state index is 0.678. The van der Waals surface area contributed by atoms with Gasteiger partial charge < -0.3 is 10.1 Å². The molecule has 0 aromatic carbocycles. The first-order valence-electron chi connectivity index (χ1n) is 6.79. The Morgan fingerprint density at radius 2 is 2.19 bits per heavy atom. The van der Waals surface area contributed by atoms with Gasteiger partial charge in [-0.05, 0) is 33.2 Å². The van der Waals surface area contributed by atoms with E-state index in [1.807, 2.05) is 0 Å². The van der Waals surface area contributed by atoms with Gasteiger partial charge in [-0.3, -0.25) is 4.90 Å². The molecule has 0 aromatic rings. The normalized spacial score (nSPS) is 22.1. The van der Waals surface area contributed by atoms with Crippen LogP contribution in [0.25, 0.3) is 0 Å². The van der Waals surface area contributed by atoms with E-state index in [9.17, 15) is 0 Å². The number of likely N-dealkylation sites (tertiary alicyclic amines) is 1. The molecule has 1 saturated heterocycles. The summed E-state index contributed by atoms with van der Waals surface area (Å²) in [6.07, 6.45) is 3.69. The zero-order chi connectivity index (χ0) is 11.8. The smallest absolute Gasteiger partial charge is 0.0591 e. The summed E-state index contributed by atoms with van der Waals surface area (Å²) in [5.74, 6) is 0. The molecule has 1 unspecified atom stereocenters. The molecular formula is C13H28N2O. The van der Waals surface area contributed by atoms with Gasteiger partial charge in [-0.15, -0.1) is 0 Å². The molecule has 0 aliphatic carbocycles. The molecule has 1 aliphatic rings. The van der Waals surface area contributed by atoms with Crippen LogP contribution in [0, 0.1) is 0 Å². The summed E-state index contributed by atoms with van der Waals surface area (Å²) in [7, 11) is 0. The molecule has 0 radical (unpaired) electrons. The van der Waals surface area contributed by atoms with E-state index in [0.29, 0.717) is 12.1 Å². The monoisotopic (exact) mass is 228 g/mol. The molecule has 0 bridgehead atoms. The van der Waals surface area contributed by atoms with E-state index in [1.54, 1.807) is 0 Å². The molecule has 1 fully saturated rings. The first-order valence-corrected chi connectivity index (χ1v) is 6.79. The number of unbranched alkanes of at least 4 members (excludes halogenated alkanes) is 1. The second-order valence-electron chi connectivity index (χ2n) is 4.99. The lowest BCUT2D eigenvalue weighted by atomic mass is 10.2. The Bertz CT molecular complexity index is 173. The highest BCUT2D eigenvalue weighted by Gasteiger charge is 2.23. The Morgan fingerprint density at radius 1 is 1.38 bits per heavy atom. The number of rotatable bonds is 8. The van der Waals surface area contributed by atoms with Crippen LogP contribution in [-0.2, 0) is 4.74 Å². The topological polar surface area (TPSA) is 24.5 Å². The molecule has 1 atom stereocenters. The lowest BCUT2D eigenvalue weighted by Crippen LogP contribution is -2.36. The van der Waals surface area contributed by atoms with Gasteiger partial charge in [-0.25, -0.2) is 0 Å². The summed E-state index contributed by atoms with van der Waals surface area (Å²) in [6, 6.07) is 1.37. The van der Waals surface area contributed by atoms with Gasteiger partial charge in [-0.2, -0.15) is 0 Å². The third kappa shape index (κ3) is 5.28. The van der Waals surface area contributed by atoms with Crippen molar-refractivity contribution in [3.05, 3.63) is 0 Å². The Morgan fingerprint density at radius 3 is 2.81 bits per heavy atom. The maximum atomic E-state index is 5.53. The van der Waals surface area contributed by atoms with E-state index >= 15 is 0 Å². The van der Waals surface area contributed by atoms with Gasteiger partial charge in [0, 0.05) is 31.8 Å². The maximum Gasteiger partial charge on any atom is 0.0591 e. The standard InChI is InChI=1S/C13H28N2O/c1-4-5-9-16-10-7-14-13-6-8-15(11-13)12(2)3/h12-14H,4-11H2,1-3H3. The second kappa shape index (κ2) is 8.04. The van der Waals surface area contributed by atoms with Crippen LogP contribution in [-0.4, -0.2) is 49.8 Å². The summed E-state index contributed by atoms with van der Waals surface area (Å²) < 4.78 is 5.53. The van der Waals surface area contributed by atoms with Crippen LogP contribution in [0.5, 0.6) is 0 Å². The molecule has 3 nitrogen and oxygen atoms in total. The third-order valence-electron chi connectivity index (χ3n) is 3.27. The Balaban J connectivity index is 1.94. The van der Waals surface area contributed by atoms with Gasteiger partial charge in [0.05, 0.1) is 6.61 Å². The summed E-state index contributed by atoms with van der Waals surface area (Å²) in [5, 5.41) is 3.58. The predicted octanol–water partition coefficient (Wildman–Crippen LogP) is 1.88. The van der Waals surface area contributed by atoms with E-state index < -0.39 is 0 Å². The highest BCUT2D eigenvalue weighted by atomic mass is 16.5. The zero-order valence-electron chi connectivity index (χ0n) is 11.2. The van der Waals surface area contributed by atoms with E-state index in [1.165, 1.54) is 32.4 Å². The van der Waals surface area contributed by atoms with E-state index in [-0.39, 0.29) is 0 Å². The Kier molecular flexibility index (Phi) is 7.01. The average Bonchev–Trinajstić information content (AvgIpc) is 2.72. The number of nitrogens with zero attached hydrogens (tertiary/aromatic N) is 1. The second-order valence-corrected chi connectivity index (χ2v) is 4.99. The SMILES string of the molecule is CCCCOCCNC1CCN(C(C)C)C1. The molecule has 1 N–H and O–H groups in total. The van der Waals surface area contributed by atoms with Gasteiger partial charge >= 0.3 is 0 Å².